The second-order valence-corrected chi connectivity index (χ2v) is 6.11. The molecule has 0 saturated heterocycles. The first-order valence-electron chi connectivity index (χ1n) is 5.88. The number of hydrogen-bond acceptors (Lipinski definition) is 3. The van der Waals surface area contributed by atoms with E-state index in [1.165, 1.54) is 0 Å². The number of pyridine rings is 1. The van der Waals surface area contributed by atoms with Gasteiger partial charge < -0.3 is 4.74 Å². The van der Waals surface area contributed by atoms with Gasteiger partial charge >= 0.3 is 0 Å². The Hall–Kier alpha value is -0.940. The summed E-state index contributed by atoms with van der Waals surface area (Å²) >= 11 is 6.99. The lowest BCUT2D eigenvalue weighted by molar-refractivity contribution is -0.118. The van der Waals surface area contributed by atoms with E-state index in [0.717, 1.165) is 19.8 Å². The summed E-state index contributed by atoms with van der Waals surface area (Å²) in [5.74, 6) is 0.783. The highest BCUT2D eigenvalue weighted by atomic mass is 79.9. The van der Waals surface area contributed by atoms with Crippen molar-refractivity contribution in [2.24, 2.45) is 0 Å². The molecule has 0 bridgehead atoms. The van der Waals surface area contributed by atoms with Gasteiger partial charge in [0.05, 0.1) is 4.47 Å². The Morgan fingerprint density at radius 1 is 1.42 bits per heavy atom. The minimum Gasteiger partial charge on any atom is -0.487 e. The van der Waals surface area contributed by atoms with Crippen molar-refractivity contribution in [3.05, 3.63) is 33.3 Å². The minimum atomic E-state index is -0.180. The van der Waals surface area contributed by atoms with Crippen LogP contribution in [0.1, 0.15) is 20.3 Å². The predicted molar refractivity (Wildman–Crippen MR) is 82.5 cm³/mol. The van der Waals surface area contributed by atoms with Gasteiger partial charge in [-0.15, -0.1) is 0 Å². The lowest BCUT2D eigenvalue weighted by Crippen LogP contribution is -2.16. The first-order chi connectivity index (χ1) is 8.99. The van der Waals surface area contributed by atoms with Crippen LogP contribution in [0, 0.1) is 0 Å². The fourth-order valence-electron chi connectivity index (χ4n) is 1.91. The molecule has 0 aliphatic heterocycles. The summed E-state index contributed by atoms with van der Waals surface area (Å²) in [6, 6.07) is 5.78. The Morgan fingerprint density at radius 2 is 2.16 bits per heavy atom. The van der Waals surface area contributed by atoms with Crippen LogP contribution in [0.2, 0.25) is 0 Å². The van der Waals surface area contributed by atoms with Crippen molar-refractivity contribution in [2.75, 3.05) is 0 Å². The molecule has 100 valence electrons. The molecule has 0 saturated carbocycles. The number of hydrogen-bond donors (Lipinski definition) is 0. The van der Waals surface area contributed by atoms with Gasteiger partial charge in [0.1, 0.15) is 17.4 Å². The van der Waals surface area contributed by atoms with Gasteiger partial charge in [-0.3, -0.25) is 9.78 Å². The number of Topliss-reactive ketones (excluding diaryl/α,β-unsaturated/α-hetero) is 1. The number of benzene rings is 1. The largest absolute Gasteiger partial charge is 0.487 e. The molecule has 0 aliphatic rings. The minimum absolute atomic E-state index is 0.109. The molecular weight excluding hydrogens is 374 g/mol. The molecule has 2 rings (SSSR count). The van der Waals surface area contributed by atoms with Gasteiger partial charge in [-0.1, -0.05) is 22.0 Å². The Balaban J connectivity index is 2.45. The first kappa shape index (κ1) is 14.5. The molecule has 0 N–H and O–H groups in total. The van der Waals surface area contributed by atoms with E-state index in [4.69, 9.17) is 4.74 Å². The van der Waals surface area contributed by atoms with Crippen LogP contribution >= 0.6 is 31.9 Å². The summed E-state index contributed by atoms with van der Waals surface area (Å²) in [4.78, 5) is 15.5. The van der Waals surface area contributed by atoms with E-state index in [1.54, 1.807) is 13.1 Å². The molecule has 2 aromatic rings. The number of rotatable bonds is 4. The van der Waals surface area contributed by atoms with Crippen molar-refractivity contribution in [3.63, 3.8) is 0 Å². The van der Waals surface area contributed by atoms with Crippen LogP contribution in [0.5, 0.6) is 5.75 Å². The monoisotopic (exact) mass is 385 g/mol. The predicted octanol–water partition coefficient (Wildman–Crippen LogP) is 4.51. The molecule has 0 aliphatic carbocycles. The van der Waals surface area contributed by atoms with Gasteiger partial charge in [-0.05, 0) is 41.9 Å². The summed E-state index contributed by atoms with van der Waals surface area (Å²) in [5.41, 5.74) is 0.777. The number of fused-ring (bicyclic) bond motifs is 1. The van der Waals surface area contributed by atoms with Crippen molar-refractivity contribution >= 4 is 48.5 Å². The number of ketones is 1. The van der Waals surface area contributed by atoms with Gasteiger partial charge in [0.2, 0.25) is 0 Å². The zero-order chi connectivity index (χ0) is 14.0. The van der Waals surface area contributed by atoms with Crippen LogP contribution < -0.4 is 4.74 Å². The smallest absolute Gasteiger partial charge is 0.160 e. The van der Waals surface area contributed by atoms with Crippen molar-refractivity contribution < 1.29 is 9.53 Å². The third-order valence-corrected chi connectivity index (χ3v) is 3.89. The van der Waals surface area contributed by atoms with Gasteiger partial charge in [-0.2, -0.15) is 0 Å². The number of nitrogens with zero attached hydrogens (tertiary/aromatic N) is 1. The molecule has 0 spiro atoms. The highest BCUT2D eigenvalue weighted by Gasteiger charge is 2.15. The maximum Gasteiger partial charge on any atom is 0.160 e. The van der Waals surface area contributed by atoms with E-state index in [2.05, 4.69) is 36.8 Å². The van der Waals surface area contributed by atoms with Gasteiger partial charge in [-0.25, -0.2) is 0 Å². The summed E-state index contributed by atoms with van der Waals surface area (Å²) in [6.07, 6.45) is 1.93. The number of halogens is 2. The maximum absolute atomic E-state index is 11.1. The van der Waals surface area contributed by atoms with Gasteiger partial charge in [0.15, 0.2) is 5.75 Å². The molecule has 5 heteroatoms. The Morgan fingerprint density at radius 3 is 2.84 bits per heavy atom. The first-order valence-corrected chi connectivity index (χ1v) is 7.46. The average Bonchev–Trinajstić information content (AvgIpc) is 2.33. The summed E-state index contributed by atoms with van der Waals surface area (Å²) in [7, 11) is 0. The average molecular weight is 387 g/mol. The molecule has 19 heavy (non-hydrogen) atoms. The van der Waals surface area contributed by atoms with E-state index < -0.39 is 0 Å². The molecule has 1 heterocycles. The molecule has 0 radical (unpaired) electrons. The van der Waals surface area contributed by atoms with E-state index in [9.17, 15) is 4.79 Å². The third-order valence-electron chi connectivity index (χ3n) is 2.64. The topological polar surface area (TPSA) is 39.2 Å². The highest BCUT2D eigenvalue weighted by molar-refractivity contribution is 9.11. The van der Waals surface area contributed by atoms with Crippen LogP contribution in [0.25, 0.3) is 10.9 Å². The van der Waals surface area contributed by atoms with Crippen LogP contribution in [0.4, 0.5) is 0 Å². The Labute approximate surface area is 128 Å². The lowest BCUT2D eigenvalue weighted by atomic mass is 10.2. The quantitative estimate of drug-likeness (QED) is 0.776. The molecule has 0 fully saturated rings. The molecular formula is C14H13Br2NO2. The van der Waals surface area contributed by atoms with Crippen molar-refractivity contribution in [1.82, 2.24) is 4.98 Å². The second-order valence-electron chi connectivity index (χ2n) is 4.40. The number of carbonyl (C=O) groups excluding carboxylic acids is 1. The molecule has 1 aromatic carbocycles. The van der Waals surface area contributed by atoms with Gasteiger partial charge in [0, 0.05) is 22.5 Å². The van der Waals surface area contributed by atoms with Crippen molar-refractivity contribution in [2.45, 2.75) is 26.4 Å². The standard InChI is InChI=1S/C14H13Br2NO2/c1-8(18)6-9(2)19-14-12(16)7-11(15)10-4-3-5-17-13(10)14/h3-5,7,9H,6H2,1-2H3. The molecule has 1 aromatic heterocycles. The van der Waals surface area contributed by atoms with Crippen molar-refractivity contribution in [1.29, 1.82) is 0 Å². The SMILES string of the molecule is CC(=O)CC(C)Oc1c(Br)cc(Br)c2cccnc12. The summed E-state index contributed by atoms with van der Waals surface area (Å²) in [6.45, 7) is 3.44. The highest BCUT2D eigenvalue weighted by Crippen LogP contribution is 2.37. The van der Waals surface area contributed by atoms with Gasteiger partial charge in [0.25, 0.3) is 0 Å². The van der Waals surface area contributed by atoms with Crippen LogP contribution in [0.3, 0.4) is 0 Å². The Bertz CT molecular complexity index is 628. The molecule has 3 nitrogen and oxygen atoms in total. The molecule has 0 amide bonds. The normalized spacial score (nSPS) is 12.4. The van der Waals surface area contributed by atoms with Crippen LogP contribution in [-0.2, 0) is 4.79 Å². The van der Waals surface area contributed by atoms with E-state index in [0.29, 0.717) is 12.2 Å². The third kappa shape index (κ3) is 3.34. The lowest BCUT2D eigenvalue weighted by Gasteiger charge is -2.16. The fraction of sp³-hybridized carbons (Fsp3) is 0.286. The molecule has 1 unspecified atom stereocenters. The summed E-state index contributed by atoms with van der Waals surface area (Å²) < 4.78 is 7.65. The van der Waals surface area contributed by atoms with Crippen LogP contribution in [-0.4, -0.2) is 16.9 Å². The van der Waals surface area contributed by atoms with Crippen LogP contribution in [0.15, 0.2) is 33.3 Å². The van der Waals surface area contributed by atoms with E-state index >= 15 is 0 Å². The van der Waals surface area contributed by atoms with E-state index in [1.807, 2.05) is 25.1 Å². The molecule has 1 atom stereocenters. The summed E-state index contributed by atoms with van der Waals surface area (Å²) in [5, 5.41) is 0.982. The second kappa shape index (κ2) is 6.01. The number of ether oxygens (including phenoxy) is 1. The zero-order valence-corrected chi connectivity index (χ0v) is 13.8. The zero-order valence-electron chi connectivity index (χ0n) is 10.6. The van der Waals surface area contributed by atoms with E-state index in [-0.39, 0.29) is 11.9 Å². The maximum atomic E-state index is 11.1. The Kier molecular flexibility index (Phi) is 4.58. The fourth-order valence-corrected chi connectivity index (χ4v) is 3.27. The number of aromatic nitrogens is 1. The number of carbonyl (C=O) groups is 1. The van der Waals surface area contributed by atoms with Crippen molar-refractivity contribution in [3.8, 4) is 5.75 Å².